The zero-order chi connectivity index (χ0) is 15.0. The van der Waals surface area contributed by atoms with E-state index in [2.05, 4.69) is 9.97 Å². The maximum Gasteiger partial charge on any atom is 0.249 e. The number of hydrogen-bond acceptors (Lipinski definition) is 3. The first-order valence-electron chi connectivity index (χ1n) is 6.69. The van der Waals surface area contributed by atoms with Gasteiger partial charge in [0.25, 0.3) is 0 Å². The van der Waals surface area contributed by atoms with Gasteiger partial charge in [0.2, 0.25) is 5.91 Å². The van der Waals surface area contributed by atoms with Gasteiger partial charge in [-0.05, 0) is 43.7 Å². The third-order valence-electron chi connectivity index (χ3n) is 3.52. The van der Waals surface area contributed by atoms with Crippen LogP contribution in [0.3, 0.4) is 0 Å². The molecular weight excluding hydrogens is 262 g/mol. The third-order valence-corrected chi connectivity index (χ3v) is 3.52. The monoisotopic (exact) mass is 277 g/mol. The van der Waals surface area contributed by atoms with E-state index in [1.54, 1.807) is 12.3 Å². The summed E-state index contributed by atoms with van der Waals surface area (Å²) in [6.07, 6.45) is 1.60. The number of aryl methyl sites for hydroxylation is 2. The quantitative estimate of drug-likeness (QED) is 0.782. The highest BCUT2D eigenvalue weighted by atomic mass is 16.1. The van der Waals surface area contributed by atoms with Gasteiger partial charge in [0.1, 0.15) is 0 Å². The molecule has 4 nitrogen and oxygen atoms in total. The summed E-state index contributed by atoms with van der Waals surface area (Å²) >= 11 is 0. The minimum atomic E-state index is -0.447. The van der Waals surface area contributed by atoms with E-state index < -0.39 is 5.91 Å². The Morgan fingerprint density at radius 3 is 2.67 bits per heavy atom. The summed E-state index contributed by atoms with van der Waals surface area (Å²) in [6, 6.07) is 11.6. The topological polar surface area (TPSA) is 68.9 Å². The van der Waals surface area contributed by atoms with E-state index in [-0.39, 0.29) is 0 Å². The summed E-state index contributed by atoms with van der Waals surface area (Å²) in [6.45, 7) is 3.84. The number of primary amides is 1. The van der Waals surface area contributed by atoms with E-state index in [0.717, 1.165) is 33.4 Å². The highest BCUT2D eigenvalue weighted by Crippen LogP contribution is 2.28. The Hall–Kier alpha value is -2.75. The molecule has 3 rings (SSSR count). The van der Waals surface area contributed by atoms with Gasteiger partial charge in [-0.3, -0.25) is 14.8 Å². The van der Waals surface area contributed by atoms with Crippen molar-refractivity contribution in [3.8, 4) is 11.1 Å². The van der Waals surface area contributed by atoms with E-state index in [0.29, 0.717) is 5.56 Å². The van der Waals surface area contributed by atoms with Crippen LogP contribution >= 0.6 is 0 Å². The van der Waals surface area contributed by atoms with Gasteiger partial charge < -0.3 is 5.73 Å². The number of carbonyl (C=O) groups excluding carboxylic acids is 1. The molecule has 2 heterocycles. The fraction of sp³-hybridized carbons (Fsp3) is 0.118. The van der Waals surface area contributed by atoms with Crippen molar-refractivity contribution in [2.24, 2.45) is 5.73 Å². The average Bonchev–Trinajstić information content (AvgIpc) is 2.46. The maximum atomic E-state index is 11.6. The lowest BCUT2D eigenvalue weighted by atomic mass is 9.97. The van der Waals surface area contributed by atoms with E-state index in [4.69, 9.17) is 5.73 Å². The molecule has 0 saturated heterocycles. The summed E-state index contributed by atoms with van der Waals surface area (Å²) in [7, 11) is 0. The SMILES string of the molecule is Cc1ccc2cc(-c3c(C(N)=O)ccnc3C)ccc2n1. The Morgan fingerprint density at radius 1 is 1.10 bits per heavy atom. The second kappa shape index (κ2) is 4.98. The summed E-state index contributed by atoms with van der Waals surface area (Å²) in [5.74, 6) is -0.447. The number of benzene rings is 1. The molecule has 0 aliphatic rings. The van der Waals surface area contributed by atoms with Crippen molar-refractivity contribution in [2.45, 2.75) is 13.8 Å². The van der Waals surface area contributed by atoms with Crippen molar-refractivity contribution in [1.29, 1.82) is 0 Å². The molecule has 1 aromatic carbocycles. The van der Waals surface area contributed by atoms with Crippen molar-refractivity contribution in [1.82, 2.24) is 9.97 Å². The number of aromatic nitrogens is 2. The third kappa shape index (κ3) is 2.36. The Morgan fingerprint density at radius 2 is 1.90 bits per heavy atom. The largest absolute Gasteiger partial charge is 0.366 e. The van der Waals surface area contributed by atoms with Crippen LogP contribution in [0.5, 0.6) is 0 Å². The minimum absolute atomic E-state index is 0.447. The number of carbonyl (C=O) groups is 1. The molecule has 0 saturated carbocycles. The fourth-order valence-corrected chi connectivity index (χ4v) is 2.52. The summed E-state index contributed by atoms with van der Waals surface area (Å²) in [5, 5.41) is 1.02. The summed E-state index contributed by atoms with van der Waals surface area (Å²) in [4.78, 5) is 20.4. The van der Waals surface area contributed by atoms with E-state index in [1.165, 1.54) is 0 Å². The van der Waals surface area contributed by atoms with Crippen molar-refractivity contribution >= 4 is 16.8 Å². The predicted molar refractivity (Wildman–Crippen MR) is 83.0 cm³/mol. The summed E-state index contributed by atoms with van der Waals surface area (Å²) < 4.78 is 0. The van der Waals surface area contributed by atoms with Gasteiger partial charge in [0.05, 0.1) is 11.1 Å². The molecule has 2 aromatic heterocycles. The minimum Gasteiger partial charge on any atom is -0.366 e. The molecule has 0 atom stereocenters. The van der Waals surface area contributed by atoms with Gasteiger partial charge in [0.15, 0.2) is 0 Å². The number of nitrogens with zero attached hydrogens (tertiary/aromatic N) is 2. The van der Waals surface area contributed by atoms with Gasteiger partial charge >= 0.3 is 0 Å². The number of fused-ring (bicyclic) bond motifs is 1. The number of pyridine rings is 2. The van der Waals surface area contributed by atoms with Crippen molar-refractivity contribution in [3.63, 3.8) is 0 Å². The van der Waals surface area contributed by atoms with Crippen molar-refractivity contribution in [3.05, 3.63) is 59.5 Å². The lowest BCUT2D eigenvalue weighted by Gasteiger charge is -2.10. The second-order valence-corrected chi connectivity index (χ2v) is 5.04. The molecule has 0 aliphatic carbocycles. The van der Waals surface area contributed by atoms with Crippen LogP contribution < -0.4 is 5.73 Å². The van der Waals surface area contributed by atoms with Crippen LogP contribution in [0.2, 0.25) is 0 Å². The number of nitrogens with two attached hydrogens (primary N) is 1. The molecule has 104 valence electrons. The zero-order valence-electron chi connectivity index (χ0n) is 11.9. The van der Waals surface area contributed by atoms with Crippen LogP contribution in [0.25, 0.3) is 22.0 Å². The van der Waals surface area contributed by atoms with Gasteiger partial charge in [-0.2, -0.15) is 0 Å². The van der Waals surface area contributed by atoms with Crippen molar-refractivity contribution < 1.29 is 4.79 Å². The Kier molecular flexibility index (Phi) is 3.14. The predicted octanol–water partition coefficient (Wildman–Crippen LogP) is 3.01. The van der Waals surface area contributed by atoms with Crippen LogP contribution in [-0.4, -0.2) is 15.9 Å². The van der Waals surface area contributed by atoms with Crippen molar-refractivity contribution in [2.75, 3.05) is 0 Å². The molecule has 0 fully saturated rings. The van der Waals surface area contributed by atoms with Crippen LogP contribution in [-0.2, 0) is 0 Å². The molecular formula is C17H15N3O. The first kappa shape index (κ1) is 13.2. The first-order chi connectivity index (χ1) is 10.1. The fourth-order valence-electron chi connectivity index (χ4n) is 2.52. The summed E-state index contributed by atoms with van der Waals surface area (Å²) in [5.41, 5.74) is 10.4. The molecule has 2 N–H and O–H groups in total. The van der Waals surface area contributed by atoms with E-state index in [9.17, 15) is 4.79 Å². The Labute approximate surface area is 122 Å². The number of amides is 1. The van der Waals surface area contributed by atoms with Crippen LogP contribution in [0, 0.1) is 13.8 Å². The molecule has 3 aromatic rings. The number of rotatable bonds is 2. The highest BCUT2D eigenvalue weighted by Gasteiger charge is 2.13. The molecule has 0 radical (unpaired) electrons. The number of hydrogen-bond donors (Lipinski definition) is 1. The smallest absolute Gasteiger partial charge is 0.249 e. The molecule has 0 aliphatic heterocycles. The molecule has 0 unspecified atom stereocenters. The Bertz CT molecular complexity index is 856. The molecule has 0 spiro atoms. The second-order valence-electron chi connectivity index (χ2n) is 5.04. The van der Waals surface area contributed by atoms with Crippen LogP contribution in [0.15, 0.2) is 42.6 Å². The van der Waals surface area contributed by atoms with Gasteiger partial charge in [-0.25, -0.2) is 0 Å². The van der Waals surface area contributed by atoms with Crippen LogP contribution in [0.4, 0.5) is 0 Å². The molecule has 1 amide bonds. The highest BCUT2D eigenvalue weighted by molar-refractivity contribution is 6.01. The molecule has 21 heavy (non-hydrogen) atoms. The van der Waals surface area contributed by atoms with Crippen LogP contribution in [0.1, 0.15) is 21.7 Å². The van der Waals surface area contributed by atoms with E-state index in [1.807, 2.05) is 44.2 Å². The Balaban J connectivity index is 2.26. The normalized spacial score (nSPS) is 10.8. The van der Waals surface area contributed by atoms with Gasteiger partial charge in [0, 0.05) is 28.5 Å². The zero-order valence-corrected chi connectivity index (χ0v) is 11.9. The molecule has 4 heteroatoms. The molecule has 0 bridgehead atoms. The lowest BCUT2D eigenvalue weighted by Crippen LogP contribution is -2.13. The maximum absolute atomic E-state index is 11.6. The van der Waals surface area contributed by atoms with E-state index >= 15 is 0 Å². The standard InChI is InChI=1S/C17H15N3O/c1-10-3-4-12-9-13(5-6-15(12)20-10)16-11(2)19-8-7-14(16)17(18)21/h3-9H,1-2H3,(H2,18,21). The van der Waals surface area contributed by atoms with Gasteiger partial charge in [-0.15, -0.1) is 0 Å². The van der Waals surface area contributed by atoms with Gasteiger partial charge in [-0.1, -0.05) is 12.1 Å². The average molecular weight is 277 g/mol. The first-order valence-corrected chi connectivity index (χ1v) is 6.69. The lowest BCUT2D eigenvalue weighted by molar-refractivity contribution is 0.100.